The number of hydrogen-bond donors (Lipinski definition) is 0. The summed E-state index contributed by atoms with van der Waals surface area (Å²) >= 11 is 0. The topological polar surface area (TPSA) is 38.8 Å². The van der Waals surface area contributed by atoms with Crippen molar-refractivity contribution >= 4 is 5.91 Å². The third-order valence-corrected chi connectivity index (χ3v) is 3.60. The van der Waals surface area contributed by atoms with E-state index in [9.17, 15) is 9.18 Å². The molecular weight excluding hydrogens is 285 g/mol. The molecule has 0 spiro atoms. The molecule has 1 heterocycles. The van der Waals surface area contributed by atoms with Gasteiger partial charge in [-0.25, -0.2) is 4.39 Å². The van der Waals surface area contributed by atoms with Crippen LogP contribution in [-0.2, 0) is 9.53 Å². The van der Waals surface area contributed by atoms with Crippen LogP contribution in [0, 0.1) is 24.1 Å². The molecule has 1 aliphatic heterocycles. The van der Waals surface area contributed by atoms with Gasteiger partial charge < -0.3 is 14.4 Å². The average molecular weight is 305 g/mol. The summed E-state index contributed by atoms with van der Waals surface area (Å²) < 4.78 is 24.0. The summed E-state index contributed by atoms with van der Waals surface area (Å²) in [6, 6.07) is 6.06. The first-order valence-corrected chi connectivity index (χ1v) is 7.37. The van der Waals surface area contributed by atoms with E-state index >= 15 is 0 Å². The second-order valence-corrected chi connectivity index (χ2v) is 5.29. The third-order valence-electron chi connectivity index (χ3n) is 3.60. The summed E-state index contributed by atoms with van der Waals surface area (Å²) in [5, 5.41) is 0. The molecule has 0 saturated carbocycles. The zero-order valence-corrected chi connectivity index (χ0v) is 12.5. The molecule has 1 atom stereocenters. The Morgan fingerprint density at radius 1 is 1.45 bits per heavy atom. The molecule has 1 saturated heterocycles. The number of carbonyl (C=O) groups excluding carboxylic acids is 1. The predicted molar refractivity (Wildman–Crippen MR) is 80.9 cm³/mol. The molecular formula is C17H20FNO3. The first-order chi connectivity index (χ1) is 10.7. The van der Waals surface area contributed by atoms with Crippen LogP contribution in [-0.4, -0.2) is 43.7 Å². The number of ether oxygens (including phenoxy) is 2. The molecule has 4 nitrogen and oxygen atoms in total. The van der Waals surface area contributed by atoms with Crippen LogP contribution in [0.25, 0.3) is 0 Å². The number of terminal acetylenes is 1. The van der Waals surface area contributed by atoms with Gasteiger partial charge in [0.25, 0.3) is 5.91 Å². The number of piperidine rings is 1. The molecule has 1 aromatic carbocycles. The largest absolute Gasteiger partial charge is 0.481 e. The lowest BCUT2D eigenvalue weighted by molar-refractivity contribution is -0.135. The van der Waals surface area contributed by atoms with Gasteiger partial charge in [-0.2, -0.15) is 0 Å². The van der Waals surface area contributed by atoms with Crippen molar-refractivity contribution in [2.75, 3.05) is 32.9 Å². The number of para-hydroxylation sites is 1. The van der Waals surface area contributed by atoms with E-state index in [-0.39, 0.29) is 18.3 Å². The minimum absolute atomic E-state index is 0.0989. The molecule has 0 aliphatic carbocycles. The van der Waals surface area contributed by atoms with Gasteiger partial charge in [0.15, 0.2) is 18.2 Å². The van der Waals surface area contributed by atoms with E-state index in [1.165, 1.54) is 12.1 Å². The summed E-state index contributed by atoms with van der Waals surface area (Å²) in [7, 11) is 0. The highest BCUT2D eigenvalue weighted by molar-refractivity contribution is 5.77. The van der Waals surface area contributed by atoms with Crippen LogP contribution in [0.3, 0.4) is 0 Å². The van der Waals surface area contributed by atoms with Gasteiger partial charge in [0, 0.05) is 13.1 Å². The fourth-order valence-corrected chi connectivity index (χ4v) is 2.50. The Hall–Kier alpha value is -2.06. The molecule has 0 bridgehead atoms. The highest BCUT2D eigenvalue weighted by Crippen LogP contribution is 2.18. The maximum atomic E-state index is 13.4. The first kappa shape index (κ1) is 16.3. The van der Waals surface area contributed by atoms with Crippen LogP contribution < -0.4 is 4.74 Å². The number of amides is 1. The van der Waals surface area contributed by atoms with Crippen molar-refractivity contribution in [1.29, 1.82) is 0 Å². The minimum Gasteiger partial charge on any atom is -0.481 e. The van der Waals surface area contributed by atoms with Crippen LogP contribution in [0.2, 0.25) is 0 Å². The van der Waals surface area contributed by atoms with E-state index in [2.05, 4.69) is 5.92 Å². The van der Waals surface area contributed by atoms with Gasteiger partial charge in [0.1, 0.15) is 6.61 Å². The van der Waals surface area contributed by atoms with Gasteiger partial charge in [0.05, 0.1) is 6.61 Å². The van der Waals surface area contributed by atoms with Crippen LogP contribution >= 0.6 is 0 Å². The number of halogens is 1. The van der Waals surface area contributed by atoms with Crippen molar-refractivity contribution in [2.24, 2.45) is 5.92 Å². The van der Waals surface area contributed by atoms with E-state index in [1.54, 1.807) is 17.0 Å². The summed E-state index contributed by atoms with van der Waals surface area (Å²) in [6.07, 6.45) is 7.08. The van der Waals surface area contributed by atoms with Crippen LogP contribution in [0.4, 0.5) is 4.39 Å². The summed E-state index contributed by atoms with van der Waals surface area (Å²) in [6.45, 7) is 2.02. The molecule has 0 N–H and O–H groups in total. The fourth-order valence-electron chi connectivity index (χ4n) is 2.50. The molecule has 0 unspecified atom stereocenters. The van der Waals surface area contributed by atoms with Gasteiger partial charge >= 0.3 is 0 Å². The monoisotopic (exact) mass is 305 g/mol. The number of carbonyl (C=O) groups is 1. The Labute approximate surface area is 130 Å². The third kappa shape index (κ3) is 4.74. The predicted octanol–water partition coefficient (Wildman–Crippen LogP) is 2.09. The summed E-state index contributed by atoms with van der Waals surface area (Å²) in [5.74, 6) is 2.22. The number of rotatable bonds is 6. The summed E-state index contributed by atoms with van der Waals surface area (Å²) in [4.78, 5) is 13.9. The SMILES string of the molecule is C#CCOC[C@@H]1CCCN(C(=O)COc2ccccc2F)C1. The molecule has 118 valence electrons. The Bertz CT molecular complexity index is 541. The van der Waals surface area contributed by atoms with E-state index in [1.807, 2.05) is 0 Å². The Balaban J connectivity index is 1.79. The molecule has 0 radical (unpaired) electrons. The van der Waals surface area contributed by atoms with Crippen LogP contribution in [0.5, 0.6) is 5.75 Å². The van der Waals surface area contributed by atoms with Gasteiger partial charge in [-0.05, 0) is 30.9 Å². The van der Waals surface area contributed by atoms with Gasteiger partial charge in [-0.1, -0.05) is 18.1 Å². The van der Waals surface area contributed by atoms with Gasteiger partial charge in [0.2, 0.25) is 0 Å². The van der Waals surface area contributed by atoms with Crippen molar-refractivity contribution in [3.63, 3.8) is 0 Å². The smallest absolute Gasteiger partial charge is 0.260 e. The Morgan fingerprint density at radius 2 is 2.27 bits per heavy atom. The molecule has 1 fully saturated rings. The van der Waals surface area contributed by atoms with Crippen molar-refractivity contribution in [3.8, 4) is 18.1 Å². The lowest BCUT2D eigenvalue weighted by Crippen LogP contribution is -2.43. The zero-order chi connectivity index (χ0) is 15.8. The maximum Gasteiger partial charge on any atom is 0.260 e. The van der Waals surface area contributed by atoms with Crippen molar-refractivity contribution in [3.05, 3.63) is 30.1 Å². The van der Waals surface area contributed by atoms with Crippen molar-refractivity contribution in [1.82, 2.24) is 4.90 Å². The van der Waals surface area contributed by atoms with Gasteiger partial charge in [-0.15, -0.1) is 6.42 Å². The first-order valence-electron chi connectivity index (χ1n) is 7.37. The van der Waals surface area contributed by atoms with E-state index in [0.29, 0.717) is 32.2 Å². The quantitative estimate of drug-likeness (QED) is 0.597. The molecule has 22 heavy (non-hydrogen) atoms. The molecule has 1 amide bonds. The molecule has 2 rings (SSSR count). The van der Waals surface area contributed by atoms with Crippen LogP contribution in [0.15, 0.2) is 24.3 Å². The standard InChI is InChI=1S/C17H20FNO3/c1-2-10-21-12-14-6-5-9-19(11-14)17(20)13-22-16-8-4-3-7-15(16)18/h1,3-4,7-8,14H,5-6,9-13H2/t14-/m1/s1. The molecule has 0 aromatic heterocycles. The van der Waals surface area contributed by atoms with E-state index in [4.69, 9.17) is 15.9 Å². The molecule has 1 aliphatic rings. The second-order valence-electron chi connectivity index (χ2n) is 5.29. The number of nitrogens with zero attached hydrogens (tertiary/aromatic N) is 1. The number of benzene rings is 1. The maximum absolute atomic E-state index is 13.4. The normalized spacial score (nSPS) is 17.8. The van der Waals surface area contributed by atoms with E-state index < -0.39 is 5.82 Å². The zero-order valence-electron chi connectivity index (χ0n) is 12.5. The highest BCUT2D eigenvalue weighted by atomic mass is 19.1. The van der Waals surface area contributed by atoms with Crippen molar-refractivity contribution in [2.45, 2.75) is 12.8 Å². The summed E-state index contributed by atoms with van der Waals surface area (Å²) in [5.41, 5.74) is 0. The molecule has 5 heteroatoms. The number of likely N-dealkylation sites (tertiary alicyclic amines) is 1. The Kier molecular flexibility index (Phi) is 6.23. The number of hydrogen-bond acceptors (Lipinski definition) is 3. The fraction of sp³-hybridized carbons (Fsp3) is 0.471. The second kappa shape index (κ2) is 8.40. The van der Waals surface area contributed by atoms with Crippen molar-refractivity contribution < 1.29 is 18.7 Å². The van der Waals surface area contributed by atoms with Gasteiger partial charge in [-0.3, -0.25) is 4.79 Å². The lowest BCUT2D eigenvalue weighted by atomic mass is 9.99. The Morgan fingerprint density at radius 3 is 3.05 bits per heavy atom. The highest BCUT2D eigenvalue weighted by Gasteiger charge is 2.24. The molecule has 1 aromatic rings. The average Bonchev–Trinajstić information content (AvgIpc) is 2.54. The van der Waals surface area contributed by atoms with Crippen LogP contribution in [0.1, 0.15) is 12.8 Å². The van der Waals surface area contributed by atoms with E-state index in [0.717, 1.165) is 12.8 Å². The lowest BCUT2D eigenvalue weighted by Gasteiger charge is -2.32. The minimum atomic E-state index is -0.463.